The topological polar surface area (TPSA) is 72.9 Å². The molecule has 1 aliphatic heterocycles. The van der Waals surface area contributed by atoms with Gasteiger partial charge in [-0.05, 0) is 17.0 Å². The first-order valence-corrected chi connectivity index (χ1v) is 6.48. The number of carbonyl (C=O) groups is 3. The molecule has 102 valence electrons. The summed E-state index contributed by atoms with van der Waals surface area (Å²) in [5.41, 5.74) is 1.01. The van der Waals surface area contributed by atoms with Gasteiger partial charge in [0.2, 0.25) is 0 Å². The Kier molecular flexibility index (Phi) is 3.84. The fourth-order valence-corrected chi connectivity index (χ4v) is 2.95. The number of amides is 1. The van der Waals surface area contributed by atoms with Crippen LogP contribution in [-0.2, 0) is 36.8 Å². The van der Waals surface area contributed by atoms with Gasteiger partial charge in [0.25, 0.3) is 0 Å². The molecule has 1 unspecified atom stereocenters. The fraction of sp³-hybridized carbons (Fsp3) is 0.417. The minimum absolute atomic E-state index is 0.223. The zero-order valence-electron chi connectivity index (χ0n) is 10.5. The van der Waals surface area contributed by atoms with E-state index >= 15 is 0 Å². The van der Waals surface area contributed by atoms with Crippen molar-refractivity contribution >= 4 is 29.2 Å². The van der Waals surface area contributed by atoms with Gasteiger partial charge in [0.05, 0.1) is 20.8 Å². The maximum absolute atomic E-state index is 11.9. The number of fused-ring (bicyclic) bond motifs is 1. The van der Waals surface area contributed by atoms with E-state index in [2.05, 4.69) is 4.74 Å². The highest BCUT2D eigenvalue weighted by Gasteiger charge is 2.38. The lowest BCUT2D eigenvalue weighted by Gasteiger charge is -2.32. The van der Waals surface area contributed by atoms with E-state index in [9.17, 15) is 14.4 Å². The van der Waals surface area contributed by atoms with Crippen molar-refractivity contribution < 1.29 is 23.9 Å². The van der Waals surface area contributed by atoms with E-state index in [-0.39, 0.29) is 6.54 Å². The summed E-state index contributed by atoms with van der Waals surface area (Å²) < 4.78 is 9.11. The average Bonchev–Trinajstić information content (AvgIpc) is 2.90. The number of ether oxygens (including phenoxy) is 2. The van der Waals surface area contributed by atoms with Gasteiger partial charge in [-0.2, -0.15) is 0 Å². The number of hydrogen-bond donors (Lipinski definition) is 0. The molecule has 0 bridgehead atoms. The van der Waals surface area contributed by atoms with Gasteiger partial charge in [-0.3, -0.25) is 4.79 Å². The molecular formula is C12H13NO5S. The van der Waals surface area contributed by atoms with Crippen molar-refractivity contribution in [3.05, 3.63) is 21.9 Å². The maximum atomic E-state index is 11.9. The highest BCUT2D eigenvalue weighted by Crippen LogP contribution is 2.28. The lowest BCUT2D eigenvalue weighted by molar-refractivity contribution is -0.164. The predicted molar refractivity (Wildman–Crippen MR) is 66.4 cm³/mol. The standard InChI is InChI=1S/C12H13NO5S/c1-17-11(15)8-5-7-3-4-19-9(7)6-13(8)10(14)12(16)18-2/h3-4,8H,5-6H2,1-2H3. The molecule has 1 aliphatic rings. The van der Waals surface area contributed by atoms with E-state index in [0.717, 1.165) is 17.6 Å². The Labute approximate surface area is 113 Å². The monoisotopic (exact) mass is 283 g/mol. The van der Waals surface area contributed by atoms with Crippen LogP contribution in [0, 0.1) is 0 Å². The molecule has 0 fully saturated rings. The first-order valence-electron chi connectivity index (χ1n) is 5.60. The van der Waals surface area contributed by atoms with Crippen LogP contribution in [0.4, 0.5) is 0 Å². The van der Waals surface area contributed by atoms with Gasteiger partial charge in [0.15, 0.2) is 0 Å². The average molecular weight is 283 g/mol. The van der Waals surface area contributed by atoms with Crippen LogP contribution in [0.15, 0.2) is 11.4 Å². The highest BCUT2D eigenvalue weighted by atomic mass is 32.1. The van der Waals surface area contributed by atoms with Crippen molar-refractivity contribution in [3.8, 4) is 0 Å². The Bertz CT molecular complexity index is 524. The molecule has 7 heteroatoms. The molecule has 1 amide bonds. The summed E-state index contributed by atoms with van der Waals surface area (Å²) in [6.45, 7) is 0.223. The van der Waals surface area contributed by atoms with Gasteiger partial charge in [-0.1, -0.05) is 0 Å². The largest absolute Gasteiger partial charge is 0.467 e. The second-order valence-electron chi connectivity index (χ2n) is 4.04. The van der Waals surface area contributed by atoms with E-state index in [4.69, 9.17) is 4.74 Å². The Morgan fingerprint density at radius 1 is 1.32 bits per heavy atom. The van der Waals surface area contributed by atoms with E-state index in [1.54, 1.807) is 0 Å². The van der Waals surface area contributed by atoms with Crippen molar-refractivity contribution in [2.45, 2.75) is 19.0 Å². The molecule has 0 aliphatic carbocycles. The number of methoxy groups -OCH3 is 2. The van der Waals surface area contributed by atoms with Gasteiger partial charge < -0.3 is 14.4 Å². The molecule has 2 rings (SSSR count). The normalized spacial score (nSPS) is 17.6. The highest BCUT2D eigenvalue weighted by molar-refractivity contribution is 7.10. The molecule has 0 radical (unpaired) electrons. The molecule has 1 atom stereocenters. The Morgan fingerprint density at radius 2 is 2.05 bits per heavy atom. The first-order chi connectivity index (χ1) is 9.08. The number of nitrogens with zero attached hydrogens (tertiary/aromatic N) is 1. The zero-order chi connectivity index (χ0) is 14.0. The Balaban J connectivity index is 2.31. The Morgan fingerprint density at radius 3 is 2.68 bits per heavy atom. The molecule has 1 aromatic heterocycles. The van der Waals surface area contributed by atoms with Crippen LogP contribution in [-0.4, -0.2) is 43.0 Å². The minimum Gasteiger partial charge on any atom is -0.467 e. The number of rotatable bonds is 1. The lowest BCUT2D eigenvalue weighted by Crippen LogP contribution is -2.51. The van der Waals surface area contributed by atoms with Gasteiger partial charge in [-0.15, -0.1) is 11.3 Å². The van der Waals surface area contributed by atoms with Crippen LogP contribution in [0.25, 0.3) is 0 Å². The van der Waals surface area contributed by atoms with Crippen molar-refractivity contribution in [2.24, 2.45) is 0 Å². The number of hydrogen-bond acceptors (Lipinski definition) is 6. The zero-order valence-corrected chi connectivity index (χ0v) is 11.4. The van der Waals surface area contributed by atoms with Gasteiger partial charge >= 0.3 is 17.8 Å². The van der Waals surface area contributed by atoms with Crippen molar-refractivity contribution in [2.75, 3.05) is 14.2 Å². The van der Waals surface area contributed by atoms with Crippen LogP contribution in [0.5, 0.6) is 0 Å². The molecule has 2 heterocycles. The van der Waals surface area contributed by atoms with Gasteiger partial charge in [0.1, 0.15) is 6.04 Å². The van der Waals surface area contributed by atoms with Gasteiger partial charge in [0, 0.05) is 11.3 Å². The summed E-state index contributed by atoms with van der Waals surface area (Å²) in [4.78, 5) is 37.2. The maximum Gasteiger partial charge on any atom is 0.396 e. The lowest BCUT2D eigenvalue weighted by atomic mass is 10.0. The summed E-state index contributed by atoms with van der Waals surface area (Å²) in [6.07, 6.45) is 0.355. The molecule has 1 aromatic rings. The molecule has 0 saturated carbocycles. The van der Waals surface area contributed by atoms with Crippen LogP contribution < -0.4 is 0 Å². The quantitative estimate of drug-likeness (QED) is 0.549. The van der Waals surface area contributed by atoms with Gasteiger partial charge in [-0.25, -0.2) is 9.59 Å². The predicted octanol–water partition coefficient (Wildman–Crippen LogP) is 0.347. The molecule has 0 saturated heterocycles. The summed E-state index contributed by atoms with van der Waals surface area (Å²) >= 11 is 1.49. The van der Waals surface area contributed by atoms with Crippen molar-refractivity contribution in [1.29, 1.82) is 0 Å². The molecular weight excluding hydrogens is 270 g/mol. The summed E-state index contributed by atoms with van der Waals surface area (Å²) in [6, 6.07) is 1.13. The van der Waals surface area contributed by atoms with E-state index in [1.807, 2.05) is 11.4 Å². The van der Waals surface area contributed by atoms with Crippen LogP contribution in [0.2, 0.25) is 0 Å². The first kappa shape index (κ1) is 13.5. The third-order valence-corrected chi connectivity index (χ3v) is 3.98. The third-order valence-electron chi connectivity index (χ3n) is 3.04. The molecule has 19 heavy (non-hydrogen) atoms. The number of carbonyl (C=O) groups excluding carboxylic acids is 3. The van der Waals surface area contributed by atoms with Crippen LogP contribution in [0.1, 0.15) is 10.4 Å². The molecule has 0 aromatic carbocycles. The summed E-state index contributed by atoms with van der Waals surface area (Å²) in [5.74, 6) is -2.33. The minimum atomic E-state index is -0.978. The van der Waals surface area contributed by atoms with Crippen LogP contribution in [0.3, 0.4) is 0 Å². The second-order valence-corrected chi connectivity index (χ2v) is 5.04. The smallest absolute Gasteiger partial charge is 0.396 e. The molecule has 6 nitrogen and oxygen atoms in total. The molecule has 0 N–H and O–H groups in total. The second kappa shape index (κ2) is 5.40. The molecule has 0 spiro atoms. The summed E-state index contributed by atoms with van der Waals surface area (Å²) in [5, 5.41) is 1.89. The van der Waals surface area contributed by atoms with E-state index in [0.29, 0.717) is 6.42 Å². The van der Waals surface area contributed by atoms with Crippen molar-refractivity contribution in [1.82, 2.24) is 4.90 Å². The summed E-state index contributed by atoms with van der Waals surface area (Å²) in [7, 11) is 2.39. The third kappa shape index (κ3) is 2.46. The number of thiophene rings is 1. The van der Waals surface area contributed by atoms with E-state index < -0.39 is 23.9 Å². The fourth-order valence-electron chi connectivity index (χ4n) is 2.04. The van der Waals surface area contributed by atoms with Crippen LogP contribution >= 0.6 is 11.3 Å². The Hall–Kier alpha value is -1.89. The van der Waals surface area contributed by atoms with E-state index in [1.165, 1.54) is 23.3 Å². The number of esters is 2. The SMILES string of the molecule is COC(=O)C(=O)N1Cc2sccc2CC1C(=O)OC. The van der Waals surface area contributed by atoms with Crippen molar-refractivity contribution in [3.63, 3.8) is 0 Å².